The van der Waals surface area contributed by atoms with Gasteiger partial charge in [-0.25, -0.2) is 9.18 Å². The normalized spacial score (nSPS) is 20.3. The van der Waals surface area contributed by atoms with Gasteiger partial charge < -0.3 is 14.6 Å². The van der Waals surface area contributed by atoms with E-state index in [9.17, 15) is 18.8 Å². The van der Waals surface area contributed by atoms with Crippen molar-refractivity contribution < 1.29 is 33.4 Å². The van der Waals surface area contributed by atoms with Crippen molar-refractivity contribution in [2.75, 3.05) is 0 Å². The molecule has 0 radical (unpaired) electrons. The number of hydrogen-bond acceptors (Lipinski definition) is 5. The fraction of sp³-hybridized carbons (Fsp3) is 0.214. The summed E-state index contributed by atoms with van der Waals surface area (Å²) < 4.78 is 24.2. The Morgan fingerprint density at radius 3 is 2.65 bits per heavy atom. The second kappa shape index (κ2) is 5.88. The van der Waals surface area contributed by atoms with Gasteiger partial charge in [0, 0.05) is 12.5 Å². The molecule has 0 fully saturated rings. The van der Waals surface area contributed by atoms with Gasteiger partial charge in [-0.3, -0.25) is 14.9 Å². The van der Waals surface area contributed by atoms with Crippen molar-refractivity contribution >= 4 is 29.4 Å². The molecule has 1 unspecified atom stereocenters. The molecule has 1 aromatic rings. The van der Waals surface area contributed by atoms with Gasteiger partial charge in [-0.2, -0.15) is 0 Å². The summed E-state index contributed by atoms with van der Waals surface area (Å²) >= 11 is 5.69. The molecule has 1 atom stereocenters. The van der Waals surface area contributed by atoms with Crippen LogP contribution in [0.25, 0.3) is 0 Å². The fourth-order valence-electron chi connectivity index (χ4n) is 2.08. The van der Waals surface area contributed by atoms with Crippen LogP contribution in [0, 0.1) is 5.82 Å². The van der Waals surface area contributed by atoms with Crippen molar-refractivity contribution in [1.29, 1.82) is 0 Å². The van der Waals surface area contributed by atoms with Crippen LogP contribution in [0.2, 0.25) is 5.02 Å². The Kier molecular flexibility index (Phi) is 4.28. The Bertz CT molecular complexity index is 747. The van der Waals surface area contributed by atoms with Gasteiger partial charge in [0.1, 0.15) is 5.82 Å². The summed E-state index contributed by atoms with van der Waals surface area (Å²) in [5.41, 5.74) is -2.15. The molecule has 1 aromatic carbocycles. The zero-order chi connectivity index (χ0) is 17.4. The van der Waals surface area contributed by atoms with E-state index in [4.69, 9.17) is 26.2 Å². The van der Waals surface area contributed by atoms with E-state index in [0.717, 1.165) is 6.92 Å². The molecule has 122 valence electrons. The predicted molar refractivity (Wildman–Crippen MR) is 74.8 cm³/mol. The molecule has 0 saturated carbocycles. The number of carbonyl (C=O) groups is 3. The zero-order valence-electron chi connectivity index (χ0n) is 12.0. The molecular formula is C14H11ClFNO6. The molecule has 2 rings (SSSR count). The summed E-state index contributed by atoms with van der Waals surface area (Å²) in [5, 5.41) is 10.3. The second-order valence-electron chi connectivity index (χ2n) is 4.75. The first-order valence-corrected chi connectivity index (χ1v) is 6.65. The lowest BCUT2D eigenvalue weighted by atomic mass is 9.91. The number of ketones is 1. The number of esters is 1. The molecule has 1 heterocycles. The Morgan fingerprint density at radius 2 is 2.09 bits per heavy atom. The maximum atomic E-state index is 14.2. The van der Waals surface area contributed by atoms with Crippen LogP contribution >= 0.6 is 11.6 Å². The van der Waals surface area contributed by atoms with Gasteiger partial charge in [0.2, 0.25) is 17.2 Å². The minimum atomic E-state index is -1.93. The molecule has 1 aliphatic heterocycles. The van der Waals surface area contributed by atoms with E-state index < -0.39 is 40.9 Å². The van der Waals surface area contributed by atoms with E-state index in [1.54, 1.807) is 0 Å². The first-order chi connectivity index (χ1) is 10.7. The Labute approximate surface area is 134 Å². The number of halogens is 2. The molecular weight excluding hydrogens is 333 g/mol. The quantitative estimate of drug-likeness (QED) is 0.816. The molecule has 23 heavy (non-hydrogen) atoms. The molecule has 0 aromatic heterocycles. The monoisotopic (exact) mass is 343 g/mol. The number of hydrogen-bond donors (Lipinski definition) is 2. The van der Waals surface area contributed by atoms with E-state index in [0.29, 0.717) is 0 Å². The lowest BCUT2D eigenvalue weighted by Gasteiger charge is -2.24. The average molecular weight is 344 g/mol. The predicted octanol–water partition coefficient (Wildman–Crippen LogP) is 2.29. The molecule has 1 aliphatic rings. The highest BCUT2D eigenvalue weighted by Crippen LogP contribution is 2.40. The van der Waals surface area contributed by atoms with Crippen molar-refractivity contribution in [3.63, 3.8) is 0 Å². The summed E-state index contributed by atoms with van der Waals surface area (Å²) in [7, 11) is 0. The van der Waals surface area contributed by atoms with Gasteiger partial charge in [0.15, 0.2) is 0 Å². The van der Waals surface area contributed by atoms with Gasteiger partial charge in [0.25, 0.3) is 5.78 Å². The molecule has 0 aliphatic carbocycles. The van der Waals surface area contributed by atoms with Crippen molar-refractivity contribution in [3.8, 4) is 0 Å². The molecule has 7 nitrogen and oxygen atoms in total. The highest BCUT2D eigenvalue weighted by atomic mass is 35.5. The van der Waals surface area contributed by atoms with E-state index in [1.165, 1.54) is 25.1 Å². The fourth-order valence-corrected chi connectivity index (χ4v) is 2.26. The Balaban J connectivity index is 2.51. The topological polar surface area (TPSA) is 102 Å². The van der Waals surface area contributed by atoms with Crippen LogP contribution in [0.15, 0.2) is 29.8 Å². The SMILES string of the molecule is CC(=O)OC1=C(NC(=O)O)OC(C)(c2cccc(Cl)c2F)C1=O. The molecule has 0 bridgehead atoms. The summed E-state index contributed by atoms with van der Waals surface area (Å²) in [4.78, 5) is 34.4. The highest BCUT2D eigenvalue weighted by molar-refractivity contribution is 6.30. The third-order valence-electron chi connectivity index (χ3n) is 3.08. The van der Waals surface area contributed by atoms with Crippen LogP contribution in [-0.4, -0.2) is 23.0 Å². The minimum absolute atomic E-state index is 0.221. The van der Waals surface area contributed by atoms with Crippen molar-refractivity contribution in [2.45, 2.75) is 19.4 Å². The average Bonchev–Trinajstić information content (AvgIpc) is 2.66. The van der Waals surface area contributed by atoms with Gasteiger partial charge in [-0.15, -0.1) is 0 Å². The number of Topliss-reactive ketones (excluding diaryl/α,β-unsaturated/α-hetero) is 1. The maximum absolute atomic E-state index is 14.2. The van der Waals surface area contributed by atoms with Crippen LogP contribution < -0.4 is 5.32 Å². The second-order valence-corrected chi connectivity index (χ2v) is 5.16. The van der Waals surface area contributed by atoms with E-state index in [-0.39, 0.29) is 10.6 Å². The summed E-state index contributed by atoms with van der Waals surface area (Å²) in [5.74, 6) is -3.93. The molecule has 2 N–H and O–H groups in total. The standard InChI is InChI=1S/C14H11ClFNO6/c1-6(18)22-10-11(19)14(2,23-12(10)17-13(20)21)7-4-3-5-8(15)9(7)16/h3-5,17H,1-2H3,(H,20,21). The number of rotatable bonds is 3. The first kappa shape index (κ1) is 16.8. The van der Waals surface area contributed by atoms with E-state index >= 15 is 0 Å². The Morgan fingerprint density at radius 1 is 1.43 bits per heavy atom. The van der Waals surface area contributed by atoms with Crippen molar-refractivity contribution in [3.05, 3.63) is 46.2 Å². The summed E-state index contributed by atoms with van der Waals surface area (Å²) in [6, 6.07) is 3.94. The van der Waals surface area contributed by atoms with Crippen LogP contribution in [-0.2, 0) is 24.7 Å². The van der Waals surface area contributed by atoms with Crippen molar-refractivity contribution in [2.24, 2.45) is 0 Å². The third kappa shape index (κ3) is 2.98. The smallest absolute Gasteiger partial charge is 0.411 e. The highest BCUT2D eigenvalue weighted by Gasteiger charge is 2.51. The molecule has 0 saturated heterocycles. The van der Waals surface area contributed by atoms with Crippen molar-refractivity contribution in [1.82, 2.24) is 5.32 Å². The molecule has 0 spiro atoms. The first-order valence-electron chi connectivity index (χ1n) is 6.27. The van der Waals surface area contributed by atoms with Gasteiger partial charge in [0.05, 0.1) is 5.02 Å². The van der Waals surface area contributed by atoms with Gasteiger partial charge >= 0.3 is 12.1 Å². The van der Waals surface area contributed by atoms with E-state index in [1.807, 2.05) is 5.32 Å². The Hall–Kier alpha value is -2.61. The lowest BCUT2D eigenvalue weighted by molar-refractivity contribution is -0.142. The molecule has 9 heteroatoms. The van der Waals surface area contributed by atoms with Crippen LogP contribution in [0.3, 0.4) is 0 Å². The minimum Gasteiger partial charge on any atom is -0.465 e. The number of benzene rings is 1. The number of nitrogens with one attached hydrogen (secondary N) is 1. The number of carbonyl (C=O) groups excluding carboxylic acids is 2. The summed E-state index contributed by atoms with van der Waals surface area (Å²) in [6.45, 7) is 2.23. The lowest BCUT2D eigenvalue weighted by Crippen LogP contribution is -2.33. The number of amides is 1. The number of carboxylic acid groups (broad SMARTS) is 1. The van der Waals surface area contributed by atoms with E-state index in [2.05, 4.69) is 0 Å². The van der Waals surface area contributed by atoms with Gasteiger partial charge in [-0.1, -0.05) is 23.7 Å². The van der Waals surface area contributed by atoms with Crippen LogP contribution in [0.4, 0.5) is 9.18 Å². The summed E-state index contributed by atoms with van der Waals surface area (Å²) in [6.07, 6.45) is -1.55. The maximum Gasteiger partial charge on any atom is 0.411 e. The zero-order valence-corrected chi connectivity index (χ0v) is 12.7. The molecule has 1 amide bonds. The third-order valence-corrected chi connectivity index (χ3v) is 3.38. The number of ether oxygens (including phenoxy) is 2. The largest absolute Gasteiger partial charge is 0.465 e. The van der Waals surface area contributed by atoms with Crippen LogP contribution in [0.1, 0.15) is 19.4 Å². The van der Waals surface area contributed by atoms with Gasteiger partial charge in [-0.05, 0) is 13.0 Å². The van der Waals surface area contributed by atoms with Crippen LogP contribution in [0.5, 0.6) is 0 Å².